The highest BCUT2D eigenvalue weighted by Crippen LogP contribution is 2.37. The molecule has 1 heterocycles. The van der Waals surface area contributed by atoms with Gasteiger partial charge in [-0.2, -0.15) is 5.26 Å². The van der Waals surface area contributed by atoms with Crippen molar-refractivity contribution in [3.63, 3.8) is 0 Å². The van der Waals surface area contributed by atoms with Gasteiger partial charge < -0.3 is 14.4 Å². The molecule has 120 valence electrons. The first-order valence-electron chi connectivity index (χ1n) is 8.36. The molecule has 0 amide bonds. The standard InChI is InChI=1S/C17H30N2O2/c1-16(2,14-18)8-4-5-11-19(3)15-6-9-17(10-7-15)20-12-13-21-17/h15H,4-13H2,1-3H3. The molecule has 4 heteroatoms. The Morgan fingerprint density at radius 1 is 1.19 bits per heavy atom. The summed E-state index contributed by atoms with van der Waals surface area (Å²) in [5, 5.41) is 9.02. The molecule has 0 atom stereocenters. The van der Waals surface area contributed by atoms with E-state index in [-0.39, 0.29) is 11.2 Å². The lowest BCUT2D eigenvalue weighted by atomic mass is 9.88. The summed E-state index contributed by atoms with van der Waals surface area (Å²) >= 11 is 0. The van der Waals surface area contributed by atoms with Gasteiger partial charge in [-0.3, -0.25) is 0 Å². The molecule has 4 nitrogen and oxygen atoms in total. The fourth-order valence-corrected chi connectivity index (χ4v) is 3.44. The summed E-state index contributed by atoms with van der Waals surface area (Å²) in [7, 11) is 2.23. The van der Waals surface area contributed by atoms with E-state index in [1.807, 2.05) is 13.8 Å². The minimum atomic E-state index is -0.242. The van der Waals surface area contributed by atoms with E-state index >= 15 is 0 Å². The maximum Gasteiger partial charge on any atom is 0.168 e. The minimum Gasteiger partial charge on any atom is -0.348 e. The second kappa shape index (κ2) is 7.09. The molecule has 0 aromatic rings. The van der Waals surface area contributed by atoms with E-state index < -0.39 is 0 Å². The monoisotopic (exact) mass is 294 g/mol. The maximum absolute atomic E-state index is 9.02. The molecule has 0 unspecified atom stereocenters. The van der Waals surface area contributed by atoms with Crippen molar-refractivity contribution in [1.29, 1.82) is 5.26 Å². The van der Waals surface area contributed by atoms with Crippen LogP contribution in [-0.2, 0) is 9.47 Å². The van der Waals surface area contributed by atoms with E-state index in [4.69, 9.17) is 14.7 Å². The third kappa shape index (κ3) is 4.67. The second-order valence-corrected chi connectivity index (χ2v) is 7.27. The average molecular weight is 294 g/mol. The molecule has 1 aliphatic carbocycles. The van der Waals surface area contributed by atoms with E-state index in [0.717, 1.165) is 45.4 Å². The van der Waals surface area contributed by atoms with Crippen LogP contribution in [-0.4, -0.2) is 43.5 Å². The molecule has 2 aliphatic rings. The number of rotatable bonds is 6. The van der Waals surface area contributed by atoms with Gasteiger partial charge in [0, 0.05) is 18.9 Å². The van der Waals surface area contributed by atoms with Crippen molar-refractivity contribution in [1.82, 2.24) is 4.90 Å². The van der Waals surface area contributed by atoms with Gasteiger partial charge in [-0.15, -0.1) is 0 Å². The first kappa shape index (κ1) is 16.7. The van der Waals surface area contributed by atoms with Crippen molar-refractivity contribution in [3.05, 3.63) is 0 Å². The molecular formula is C17H30N2O2. The molecule has 1 spiro atoms. The Labute approximate surface area is 129 Å². The van der Waals surface area contributed by atoms with Crippen LogP contribution in [0.2, 0.25) is 0 Å². The van der Waals surface area contributed by atoms with Crippen LogP contribution in [0.5, 0.6) is 0 Å². The van der Waals surface area contributed by atoms with E-state index in [0.29, 0.717) is 6.04 Å². The molecule has 0 N–H and O–H groups in total. The van der Waals surface area contributed by atoms with Crippen molar-refractivity contribution in [2.24, 2.45) is 5.41 Å². The van der Waals surface area contributed by atoms with E-state index in [9.17, 15) is 0 Å². The first-order chi connectivity index (χ1) is 9.96. The zero-order valence-electron chi connectivity index (χ0n) is 13.9. The number of hydrogen-bond donors (Lipinski definition) is 0. The summed E-state index contributed by atoms with van der Waals surface area (Å²) in [6.07, 6.45) is 7.70. The number of unbranched alkanes of at least 4 members (excludes halogenated alkanes) is 1. The molecule has 1 saturated carbocycles. The Morgan fingerprint density at radius 2 is 1.81 bits per heavy atom. The minimum absolute atomic E-state index is 0.174. The summed E-state index contributed by atoms with van der Waals surface area (Å²) in [6.45, 7) is 6.70. The maximum atomic E-state index is 9.02. The molecule has 0 radical (unpaired) electrons. The SMILES string of the molecule is CN(CCCCC(C)(C)C#N)C1CCC2(CC1)OCCO2. The summed E-state index contributed by atoms with van der Waals surface area (Å²) in [4.78, 5) is 2.49. The van der Waals surface area contributed by atoms with Crippen LogP contribution in [0.3, 0.4) is 0 Å². The van der Waals surface area contributed by atoms with Gasteiger partial charge in [0.05, 0.1) is 24.7 Å². The van der Waals surface area contributed by atoms with Gasteiger partial charge in [0.2, 0.25) is 0 Å². The van der Waals surface area contributed by atoms with E-state index in [1.54, 1.807) is 0 Å². The van der Waals surface area contributed by atoms with Crippen LogP contribution in [0.4, 0.5) is 0 Å². The van der Waals surface area contributed by atoms with E-state index in [2.05, 4.69) is 18.0 Å². The molecule has 1 aliphatic heterocycles. The Balaban J connectivity index is 1.63. The lowest BCUT2D eigenvalue weighted by molar-refractivity contribution is -0.183. The molecule has 0 aromatic heterocycles. The van der Waals surface area contributed by atoms with Gasteiger partial charge in [0.1, 0.15) is 0 Å². The van der Waals surface area contributed by atoms with Crippen molar-refractivity contribution < 1.29 is 9.47 Å². The van der Waals surface area contributed by atoms with Crippen LogP contribution in [0.1, 0.15) is 58.8 Å². The quantitative estimate of drug-likeness (QED) is 0.705. The van der Waals surface area contributed by atoms with Gasteiger partial charge in [0.15, 0.2) is 5.79 Å². The lowest BCUT2D eigenvalue weighted by Crippen LogP contribution is -2.43. The predicted molar refractivity (Wildman–Crippen MR) is 82.8 cm³/mol. The average Bonchev–Trinajstić information content (AvgIpc) is 2.92. The number of nitrogens with zero attached hydrogens (tertiary/aromatic N) is 2. The van der Waals surface area contributed by atoms with Crippen molar-refractivity contribution >= 4 is 0 Å². The lowest BCUT2D eigenvalue weighted by Gasteiger charge is -2.39. The van der Waals surface area contributed by atoms with Crippen LogP contribution < -0.4 is 0 Å². The molecule has 21 heavy (non-hydrogen) atoms. The van der Waals surface area contributed by atoms with Crippen LogP contribution in [0, 0.1) is 16.7 Å². The van der Waals surface area contributed by atoms with Crippen molar-refractivity contribution in [2.45, 2.75) is 70.6 Å². The Hall–Kier alpha value is -0.630. The fourth-order valence-electron chi connectivity index (χ4n) is 3.44. The summed E-state index contributed by atoms with van der Waals surface area (Å²) in [5.74, 6) is -0.242. The Morgan fingerprint density at radius 3 is 2.38 bits per heavy atom. The topological polar surface area (TPSA) is 45.5 Å². The van der Waals surface area contributed by atoms with Crippen LogP contribution in [0.15, 0.2) is 0 Å². The van der Waals surface area contributed by atoms with Gasteiger partial charge in [-0.1, -0.05) is 6.42 Å². The molecule has 2 fully saturated rings. The Bertz CT molecular complexity index is 359. The Kier molecular flexibility index (Phi) is 5.65. The highest BCUT2D eigenvalue weighted by Gasteiger charge is 2.40. The second-order valence-electron chi connectivity index (χ2n) is 7.27. The fraction of sp³-hybridized carbons (Fsp3) is 0.941. The largest absolute Gasteiger partial charge is 0.348 e. The smallest absolute Gasteiger partial charge is 0.168 e. The van der Waals surface area contributed by atoms with Gasteiger partial charge >= 0.3 is 0 Å². The predicted octanol–water partition coefficient (Wildman–Crippen LogP) is 3.32. The van der Waals surface area contributed by atoms with Crippen molar-refractivity contribution in [2.75, 3.05) is 26.8 Å². The zero-order chi connectivity index (χ0) is 15.3. The number of ether oxygens (including phenoxy) is 2. The third-order valence-electron chi connectivity index (χ3n) is 5.02. The summed E-state index contributed by atoms with van der Waals surface area (Å²) < 4.78 is 11.6. The molecular weight excluding hydrogens is 264 g/mol. The van der Waals surface area contributed by atoms with Crippen molar-refractivity contribution in [3.8, 4) is 6.07 Å². The van der Waals surface area contributed by atoms with Gasteiger partial charge in [0.25, 0.3) is 0 Å². The molecule has 0 aromatic carbocycles. The zero-order valence-corrected chi connectivity index (χ0v) is 13.9. The number of nitriles is 1. The summed E-state index contributed by atoms with van der Waals surface area (Å²) in [5.41, 5.74) is -0.174. The highest BCUT2D eigenvalue weighted by molar-refractivity contribution is 4.91. The van der Waals surface area contributed by atoms with Crippen LogP contribution in [0.25, 0.3) is 0 Å². The van der Waals surface area contributed by atoms with E-state index in [1.165, 1.54) is 19.3 Å². The normalized spacial score (nSPS) is 22.8. The van der Waals surface area contributed by atoms with Crippen LogP contribution >= 0.6 is 0 Å². The molecule has 0 bridgehead atoms. The molecule has 1 saturated heterocycles. The number of hydrogen-bond acceptors (Lipinski definition) is 4. The van der Waals surface area contributed by atoms with Gasteiger partial charge in [-0.05, 0) is 53.1 Å². The van der Waals surface area contributed by atoms with Gasteiger partial charge in [-0.25, -0.2) is 0 Å². The molecule has 2 rings (SSSR count). The third-order valence-corrected chi connectivity index (χ3v) is 5.02. The summed E-state index contributed by atoms with van der Waals surface area (Å²) in [6, 6.07) is 3.04. The first-order valence-corrected chi connectivity index (χ1v) is 8.36. The highest BCUT2D eigenvalue weighted by atomic mass is 16.7.